The summed E-state index contributed by atoms with van der Waals surface area (Å²) < 4.78 is 12.1. The van der Waals surface area contributed by atoms with Crippen molar-refractivity contribution in [2.45, 2.75) is 95.4 Å². The number of morpholine rings is 1. The molecule has 0 spiro atoms. The summed E-state index contributed by atoms with van der Waals surface area (Å²) in [7, 11) is 0. The van der Waals surface area contributed by atoms with Crippen LogP contribution >= 0.6 is 0 Å². The molecule has 2 saturated heterocycles. The Morgan fingerprint density at radius 3 is 2.27 bits per heavy atom. The Balaban J connectivity index is 1.06. The number of ether oxygens (including phenoxy) is 2. The van der Waals surface area contributed by atoms with E-state index in [1.165, 1.54) is 5.56 Å². The Morgan fingerprint density at radius 2 is 1.57 bits per heavy atom. The van der Waals surface area contributed by atoms with Gasteiger partial charge in [-0.1, -0.05) is 0 Å². The third kappa shape index (κ3) is 6.31. The minimum absolute atomic E-state index is 0.104. The molecule has 0 bridgehead atoms. The second kappa shape index (κ2) is 11.1. The highest BCUT2D eigenvalue weighted by molar-refractivity contribution is 5.85. The first-order valence-electron chi connectivity index (χ1n) is 14.8. The van der Waals surface area contributed by atoms with E-state index >= 15 is 0 Å². The third-order valence-electron chi connectivity index (χ3n) is 8.53. The molecule has 0 amide bonds. The molecule has 1 saturated carbocycles. The summed E-state index contributed by atoms with van der Waals surface area (Å²) in [6.45, 7) is 12.4. The summed E-state index contributed by atoms with van der Waals surface area (Å²) in [6, 6.07) is 4.59. The first-order valence-corrected chi connectivity index (χ1v) is 14.8. The van der Waals surface area contributed by atoms with Gasteiger partial charge in [0.15, 0.2) is 0 Å². The maximum absolute atomic E-state index is 6.59. The SMILES string of the molecule is CC1(C)CC(c2cnc(NC3CCC(Oc4cc(N5CCOCC5)cc5nccnc45)CC3)nc2)CC(C)(C)N1. The summed E-state index contributed by atoms with van der Waals surface area (Å²) in [5, 5.41) is 7.34. The van der Waals surface area contributed by atoms with Crippen LogP contribution in [0.15, 0.2) is 36.9 Å². The van der Waals surface area contributed by atoms with Gasteiger partial charge in [-0.2, -0.15) is 0 Å². The van der Waals surface area contributed by atoms with Crippen molar-refractivity contribution in [3.8, 4) is 5.75 Å². The van der Waals surface area contributed by atoms with Gasteiger partial charge in [-0.15, -0.1) is 0 Å². The van der Waals surface area contributed by atoms with Gasteiger partial charge in [0.25, 0.3) is 0 Å². The summed E-state index contributed by atoms with van der Waals surface area (Å²) in [6.07, 6.45) is 13.8. The van der Waals surface area contributed by atoms with Gasteiger partial charge in [0.2, 0.25) is 5.95 Å². The van der Waals surface area contributed by atoms with Gasteiger partial charge in [0.1, 0.15) is 11.3 Å². The Bertz CT molecular complexity index is 1280. The fourth-order valence-corrected chi connectivity index (χ4v) is 6.99. The van der Waals surface area contributed by atoms with Gasteiger partial charge in [-0.25, -0.2) is 15.0 Å². The van der Waals surface area contributed by atoms with Crippen LogP contribution in [0.2, 0.25) is 0 Å². The van der Waals surface area contributed by atoms with Crippen LogP contribution in [0.4, 0.5) is 11.6 Å². The molecule has 9 nitrogen and oxygen atoms in total. The molecule has 6 rings (SSSR count). The molecule has 2 aliphatic heterocycles. The molecule has 3 aliphatic rings. The average molecular weight is 546 g/mol. The predicted molar refractivity (Wildman–Crippen MR) is 158 cm³/mol. The number of rotatable bonds is 6. The molecule has 3 fully saturated rings. The van der Waals surface area contributed by atoms with Gasteiger partial charge in [0.05, 0.1) is 24.8 Å². The zero-order valence-corrected chi connectivity index (χ0v) is 24.3. The standard InChI is InChI=1S/C31H43N7O2/c1-30(2)17-21(18-31(3,4)37-30)22-19-34-29(35-20-22)36-23-5-7-25(8-6-23)40-27-16-24(38-11-13-39-14-12-38)15-26-28(27)33-10-9-32-26/h9-10,15-16,19-21,23,25,37H,5-8,11-14,17-18H2,1-4H3,(H,34,35,36). The molecule has 2 aromatic heterocycles. The Morgan fingerprint density at radius 1 is 0.900 bits per heavy atom. The molecule has 40 heavy (non-hydrogen) atoms. The molecule has 1 aliphatic carbocycles. The van der Waals surface area contributed by atoms with Gasteiger partial charge >= 0.3 is 0 Å². The van der Waals surface area contributed by atoms with Crippen molar-refractivity contribution < 1.29 is 9.47 Å². The van der Waals surface area contributed by atoms with E-state index in [1.807, 2.05) is 12.4 Å². The van der Waals surface area contributed by atoms with Crippen LogP contribution in [0.3, 0.4) is 0 Å². The number of benzene rings is 1. The largest absolute Gasteiger partial charge is 0.488 e. The number of hydrogen-bond donors (Lipinski definition) is 2. The number of anilines is 2. The van der Waals surface area contributed by atoms with Gasteiger partial charge < -0.3 is 25.0 Å². The summed E-state index contributed by atoms with van der Waals surface area (Å²) in [4.78, 5) is 20.9. The van der Waals surface area contributed by atoms with Crippen LogP contribution in [0.25, 0.3) is 11.0 Å². The lowest BCUT2D eigenvalue weighted by Gasteiger charge is -2.46. The third-order valence-corrected chi connectivity index (χ3v) is 8.53. The molecule has 2 N–H and O–H groups in total. The zero-order valence-electron chi connectivity index (χ0n) is 24.3. The van der Waals surface area contributed by atoms with E-state index in [0.29, 0.717) is 12.0 Å². The number of hydrogen-bond acceptors (Lipinski definition) is 9. The van der Waals surface area contributed by atoms with E-state index in [2.05, 4.69) is 65.3 Å². The van der Waals surface area contributed by atoms with Crippen molar-refractivity contribution in [3.05, 3.63) is 42.5 Å². The Kier molecular flexibility index (Phi) is 7.52. The second-order valence-electron chi connectivity index (χ2n) is 13.0. The van der Waals surface area contributed by atoms with E-state index in [0.717, 1.165) is 93.2 Å². The average Bonchev–Trinajstić information content (AvgIpc) is 2.93. The minimum Gasteiger partial charge on any atom is -0.488 e. The lowest BCUT2D eigenvalue weighted by molar-refractivity contribution is 0.122. The van der Waals surface area contributed by atoms with Crippen molar-refractivity contribution in [1.82, 2.24) is 25.3 Å². The van der Waals surface area contributed by atoms with E-state index in [-0.39, 0.29) is 17.2 Å². The van der Waals surface area contributed by atoms with Gasteiger partial charge in [0, 0.05) is 66.8 Å². The van der Waals surface area contributed by atoms with E-state index < -0.39 is 0 Å². The lowest BCUT2D eigenvalue weighted by atomic mass is 9.74. The number of piperidine rings is 1. The van der Waals surface area contributed by atoms with Crippen molar-refractivity contribution >= 4 is 22.7 Å². The van der Waals surface area contributed by atoms with E-state index in [9.17, 15) is 0 Å². The smallest absolute Gasteiger partial charge is 0.222 e. The maximum Gasteiger partial charge on any atom is 0.222 e. The van der Waals surface area contributed by atoms with Crippen LogP contribution in [0.5, 0.6) is 5.75 Å². The number of nitrogens with zero attached hydrogens (tertiary/aromatic N) is 5. The summed E-state index contributed by atoms with van der Waals surface area (Å²) in [5.74, 6) is 2.02. The van der Waals surface area contributed by atoms with Crippen LogP contribution in [-0.4, -0.2) is 69.5 Å². The highest BCUT2D eigenvalue weighted by Gasteiger charge is 2.38. The number of nitrogens with one attached hydrogen (secondary N) is 2. The summed E-state index contributed by atoms with van der Waals surface area (Å²) in [5.41, 5.74) is 4.26. The van der Waals surface area contributed by atoms with Crippen molar-refractivity contribution in [2.24, 2.45) is 0 Å². The van der Waals surface area contributed by atoms with Crippen molar-refractivity contribution in [1.29, 1.82) is 0 Å². The highest BCUT2D eigenvalue weighted by Crippen LogP contribution is 2.39. The van der Waals surface area contributed by atoms with Crippen LogP contribution in [-0.2, 0) is 4.74 Å². The van der Waals surface area contributed by atoms with E-state index in [4.69, 9.17) is 19.4 Å². The molecule has 0 unspecified atom stereocenters. The van der Waals surface area contributed by atoms with Crippen LogP contribution in [0.1, 0.15) is 77.7 Å². The van der Waals surface area contributed by atoms with Gasteiger partial charge in [-0.3, -0.25) is 4.98 Å². The maximum atomic E-state index is 6.59. The van der Waals surface area contributed by atoms with Gasteiger partial charge in [-0.05, 0) is 83.8 Å². The quantitative estimate of drug-likeness (QED) is 0.439. The first kappa shape index (κ1) is 27.1. The predicted octanol–water partition coefficient (Wildman–Crippen LogP) is 5.08. The topological polar surface area (TPSA) is 97.3 Å². The first-order chi connectivity index (χ1) is 19.2. The molecule has 0 radical (unpaired) electrons. The lowest BCUT2D eigenvalue weighted by Crippen LogP contribution is -2.57. The zero-order chi connectivity index (χ0) is 27.7. The summed E-state index contributed by atoms with van der Waals surface area (Å²) >= 11 is 0. The molecule has 3 aromatic rings. The highest BCUT2D eigenvalue weighted by atomic mass is 16.5. The molecular formula is C31H43N7O2. The monoisotopic (exact) mass is 545 g/mol. The van der Waals surface area contributed by atoms with Crippen LogP contribution in [0, 0.1) is 0 Å². The molecule has 4 heterocycles. The van der Waals surface area contributed by atoms with E-state index in [1.54, 1.807) is 12.4 Å². The fourth-order valence-electron chi connectivity index (χ4n) is 6.99. The number of aromatic nitrogens is 4. The normalized spacial score (nSPS) is 25.1. The molecular weight excluding hydrogens is 502 g/mol. The molecule has 1 aromatic carbocycles. The second-order valence-corrected chi connectivity index (χ2v) is 13.0. The molecule has 214 valence electrons. The van der Waals surface area contributed by atoms with Crippen LogP contribution < -0.4 is 20.3 Å². The Labute approximate surface area is 237 Å². The molecule has 9 heteroatoms. The molecule has 0 atom stereocenters. The fraction of sp³-hybridized carbons (Fsp3) is 0.613. The van der Waals surface area contributed by atoms with Crippen molar-refractivity contribution in [3.63, 3.8) is 0 Å². The number of fused-ring (bicyclic) bond motifs is 1. The Hall–Kier alpha value is -3.04. The minimum atomic E-state index is 0.104. The van der Waals surface area contributed by atoms with Crippen molar-refractivity contribution in [2.75, 3.05) is 36.5 Å².